The number of anilines is 3. The fraction of sp³-hybridized carbons (Fsp3) is 0. The molecule has 0 saturated heterocycles. The largest absolute Gasteiger partial charge is 0.435 e. The third-order valence-corrected chi connectivity index (χ3v) is 8.83. The molecule has 0 atom stereocenters. The summed E-state index contributed by atoms with van der Waals surface area (Å²) in [6.45, 7) is 0. The van der Waals surface area contributed by atoms with Gasteiger partial charge in [-0.05, 0) is 98.7 Å². The van der Waals surface area contributed by atoms with Crippen LogP contribution in [0.1, 0.15) is 0 Å². The highest BCUT2D eigenvalue weighted by atomic mass is 16.3. The molecule has 1 aromatic heterocycles. The SMILES string of the molecule is c1ccc(-c2nc3ccc4ccc(N(c5ccccc5)c5ccc6cc(-c7cccc8ccccc78)ccc6c5)cc4c3o2)cc1. The molecule has 0 saturated carbocycles. The Hall–Kier alpha value is -6.19. The van der Waals surface area contributed by atoms with Gasteiger partial charge in [0, 0.05) is 28.0 Å². The molecule has 0 aliphatic rings. The minimum atomic E-state index is 0.630. The number of oxazole rings is 1. The maximum absolute atomic E-state index is 6.42. The standard InChI is InChI=1S/C43H28N2O/c1-3-11-31(12-4-1)43-44-41-25-22-30-20-23-37(28-40(30)42(41)46-43)45(35-14-5-2-6-15-35)36-24-21-32-26-34(19-18-33(32)27-36)39-17-9-13-29-10-7-8-16-38(29)39/h1-28H. The van der Waals surface area contributed by atoms with Gasteiger partial charge in [-0.15, -0.1) is 0 Å². The second-order valence-electron chi connectivity index (χ2n) is 11.6. The fourth-order valence-corrected chi connectivity index (χ4v) is 6.58. The van der Waals surface area contributed by atoms with Crippen molar-refractivity contribution in [2.45, 2.75) is 0 Å². The maximum Gasteiger partial charge on any atom is 0.227 e. The summed E-state index contributed by atoms with van der Waals surface area (Å²) in [4.78, 5) is 7.13. The van der Waals surface area contributed by atoms with E-state index in [0.717, 1.165) is 44.5 Å². The first kappa shape index (κ1) is 26.2. The molecule has 3 heteroatoms. The summed E-state index contributed by atoms with van der Waals surface area (Å²) in [7, 11) is 0. The average molecular weight is 589 g/mol. The van der Waals surface area contributed by atoms with Crippen molar-refractivity contribution in [3.63, 3.8) is 0 Å². The molecule has 9 aromatic rings. The van der Waals surface area contributed by atoms with Crippen LogP contribution >= 0.6 is 0 Å². The topological polar surface area (TPSA) is 29.3 Å². The molecule has 8 aromatic carbocycles. The van der Waals surface area contributed by atoms with E-state index in [1.54, 1.807) is 0 Å². The van der Waals surface area contributed by atoms with Crippen molar-refractivity contribution in [3.05, 3.63) is 170 Å². The first-order chi connectivity index (χ1) is 22.8. The normalized spacial score (nSPS) is 11.5. The molecule has 0 aliphatic heterocycles. The molecule has 3 nitrogen and oxygen atoms in total. The number of hydrogen-bond acceptors (Lipinski definition) is 3. The Kier molecular flexibility index (Phi) is 6.14. The third-order valence-electron chi connectivity index (χ3n) is 8.83. The first-order valence-corrected chi connectivity index (χ1v) is 15.5. The van der Waals surface area contributed by atoms with Gasteiger partial charge in [-0.1, -0.05) is 109 Å². The van der Waals surface area contributed by atoms with Crippen molar-refractivity contribution >= 4 is 60.5 Å². The van der Waals surface area contributed by atoms with Gasteiger partial charge in [0.05, 0.1) is 0 Å². The Morgan fingerprint density at radius 1 is 0.413 bits per heavy atom. The minimum absolute atomic E-state index is 0.630. The van der Waals surface area contributed by atoms with Crippen LogP contribution in [-0.2, 0) is 0 Å². The van der Waals surface area contributed by atoms with E-state index in [2.05, 4.69) is 138 Å². The van der Waals surface area contributed by atoms with Crippen LogP contribution in [0.5, 0.6) is 0 Å². The van der Waals surface area contributed by atoms with Crippen LogP contribution < -0.4 is 4.90 Å². The van der Waals surface area contributed by atoms with Crippen LogP contribution in [-0.4, -0.2) is 4.98 Å². The third kappa shape index (κ3) is 4.49. The lowest BCUT2D eigenvalue weighted by molar-refractivity contribution is 0.623. The van der Waals surface area contributed by atoms with Crippen molar-refractivity contribution in [3.8, 4) is 22.6 Å². The summed E-state index contributed by atoms with van der Waals surface area (Å²) >= 11 is 0. The van der Waals surface area contributed by atoms with Gasteiger partial charge in [0.25, 0.3) is 0 Å². The Bertz CT molecular complexity index is 2530. The van der Waals surface area contributed by atoms with Crippen LogP contribution in [0.4, 0.5) is 17.1 Å². The van der Waals surface area contributed by atoms with Crippen molar-refractivity contribution in [2.24, 2.45) is 0 Å². The summed E-state index contributed by atoms with van der Waals surface area (Å²) in [5.41, 5.74) is 8.31. The zero-order chi connectivity index (χ0) is 30.5. The maximum atomic E-state index is 6.42. The lowest BCUT2D eigenvalue weighted by Crippen LogP contribution is -2.09. The van der Waals surface area contributed by atoms with Crippen LogP contribution in [0.3, 0.4) is 0 Å². The van der Waals surface area contributed by atoms with Gasteiger partial charge in [0.2, 0.25) is 5.89 Å². The van der Waals surface area contributed by atoms with E-state index in [4.69, 9.17) is 9.40 Å². The molecule has 9 rings (SSSR count). The van der Waals surface area contributed by atoms with E-state index in [0.29, 0.717) is 5.89 Å². The molecule has 216 valence electrons. The quantitative estimate of drug-likeness (QED) is 0.200. The number of para-hydroxylation sites is 1. The smallest absolute Gasteiger partial charge is 0.227 e. The molecule has 1 heterocycles. The molecule has 0 spiro atoms. The first-order valence-electron chi connectivity index (χ1n) is 15.5. The summed E-state index contributed by atoms with van der Waals surface area (Å²) < 4.78 is 6.42. The van der Waals surface area contributed by atoms with Crippen LogP contribution in [0, 0.1) is 0 Å². The van der Waals surface area contributed by atoms with Gasteiger partial charge in [-0.2, -0.15) is 0 Å². The van der Waals surface area contributed by atoms with Gasteiger partial charge in [0.1, 0.15) is 5.52 Å². The van der Waals surface area contributed by atoms with Crippen molar-refractivity contribution in [1.29, 1.82) is 0 Å². The summed E-state index contributed by atoms with van der Waals surface area (Å²) in [5, 5.41) is 7.06. The van der Waals surface area contributed by atoms with E-state index in [-0.39, 0.29) is 0 Å². The number of aromatic nitrogens is 1. The second kappa shape index (κ2) is 10.8. The van der Waals surface area contributed by atoms with E-state index >= 15 is 0 Å². The van der Waals surface area contributed by atoms with Gasteiger partial charge >= 0.3 is 0 Å². The highest BCUT2D eigenvalue weighted by molar-refractivity contribution is 6.06. The number of fused-ring (bicyclic) bond motifs is 5. The predicted octanol–water partition coefficient (Wildman–Crippen LogP) is 12.1. The predicted molar refractivity (Wildman–Crippen MR) is 192 cm³/mol. The zero-order valence-electron chi connectivity index (χ0n) is 25.0. The van der Waals surface area contributed by atoms with E-state index in [1.165, 1.54) is 32.7 Å². The van der Waals surface area contributed by atoms with Gasteiger partial charge in [0.15, 0.2) is 5.58 Å². The Morgan fingerprint density at radius 3 is 1.93 bits per heavy atom. The molecular weight excluding hydrogens is 560 g/mol. The number of benzene rings is 8. The average Bonchev–Trinajstić information content (AvgIpc) is 3.57. The van der Waals surface area contributed by atoms with E-state index in [9.17, 15) is 0 Å². The molecule has 46 heavy (non-hydrogen) atoms. The van der Waals surface area contributed by atoms with Crippen molar-refractivity contribution in [1.82, 2.24) is 4.98 Å². The Morgan fingerprint density at radius 2 is 1.07 bits per heavy atom. The highest BCUT2D eigenvalue weighted by Crippen LogP contribution is 2.40. The molecule has 0 radical (unpaired) electrons. The van der Waals surface area contributed by atoms with Crippen LogP contribution in [0.25, 0.3) is 66.0 Å². The Labute approximate surface area is 266 Å². The summed E-state index contributed by atoms with van der Waals surface area (Å²) in [6, 6.07) is 60.0. The van der Waals surface area contributed by atoms with Gasteiger partial charge in [-0.25, -0.2) is 4.98 Å². The molecular formula is C43H28N2O. The second-order valence-corrected chi connectivity index (χ2v) is 11.6. The number of hydrogen-bond donors (Lipinski definition) is 0. The Balaban J connectivity index is 1.17. The fourth-order valence-electron chi connectivity index (χ4n) is 6.58. The molecule has 0 unspecified atom stereocenters. The molecule has 0 aliphatic carbocycles. The molecule has 0 fully saturated rings. The molecule has 0 amide bonds. The van der Waals surface area contributed by atoms with Crippen molar-refractivity contribution < 1.29 is 4.42 Å². The lowest BCUT2D eigenvalue weighted by atomic mass is 9.96. The highest BCUT2D eigenvalue weighted by Gasteiger charge is 2.17. The van der Waals surface area contributed by atoms with E-state index < -0.39 is 0 Å². The van der Waals surface area contributed by atoms with Crippen LogP contribution in [0.15, 0.2) is 174 Å². The lowest BCUT2D eigenvalue weighted by Gasteiger charge is -2.26. The van der Waals surface area contributed by atoms with Crippen molar-refractivity contribution in [2.75, 3.05) is 4.90 Å². The summed E-state index contributed by atoms with van der Waals surface area (Å²) in [5.74, 6) is 0.630. The zero-order valence-corrected chi connectivity index (χ0v) is 25.0. The molecule has 0 N–H and O–H groups in total. The van der Waals surface area contributed by atoms with Gasteiger partial charge in [-0.3, -0.25) is 0 Å². The molecule has 0 bridgehead atoms. The summed E-state index contributed by atoms with van der Waals surface area (Å²) in [6.07, 6.45) is 0. The number of rotatable bonds is 5. The monoisotopic (exact) mass is 588 g/mol. The van der Waals surface area contributed by atoms with Gasteiger partial charge < -0.3 is 9.32 Å². The van der Waals surface area contributed by atoms with Crippen LogP contribution in [0.2, 0.25) is 0 Å². The number of nitrogens with zero attached hydrogens (tertiary/aromatic N) is 2. The minimum Gasteiger partial charge on any atom is -0.435 e. The van der Waals surface area contributed by atoms with E-state index in [1.807, 2.05) is 36.4 Å².